The van der Waals surface area contributed by atoms with Crippen molar-refractivity contribution in [3.63, 3.8) is 0 Å². The van der Waals surface area contributed by atoms with Crippen LogP contribution in [0.1, 0.15) is 43.7 Å². The van der Waals surface area contributed by atoms with Gasteiger partial charge in [0.2, 0.25) is 0 Å². The lowest BCUT2D eigenvalue weighted by molar-refractivity contribution is -0.137. The van der Waals surface area contributed by atoms with Gasteiger partial charge in [0.1, 0.15) is 0 Å². The van der Waals surface area contributed by atoms with E-state index in [1.54, 1.807) is 6.07 Å². The number of rotatable bonds is 10. The lowest BCUT2D eigenvalue weighted by atomic mass is 10.1. The molecule has 0 N–H and O–H groups in total. The maximum atomic E-state index is 13.7. The fourth-order valence-electron chi connectivity index (χ4n) is 3.84. The van der Waals surface area contributed by atoms with E-state index in [0.29, 0.717) is 6.54 Å². The van der Waals surface area contributed by atoms with Crippen molar-refractivity contribution in [3.05, 3.63) is 90.0 Å². The predicted octanol–water partition coefficient (Wildman–Crippen LogP) is 6.48. The lowest BCUT2D eigenvalue weighted by Crippen LogP contribution is -2.28. The van der Waals surface area contributed by atoms with Gasteiger partial charge in [-0.2, -0.15) is 13.2 Å². The third kappa shape index (κ3) is 6.67. The molecule has 3 aromatic rings. The van der Waals surface area contributed by atoms with Crippen molar-refractivity contribution in [3.8, 4) is 0 Å². The van der Waals surface area contributed by atoms with E-state index in [-0.39, 0.29) is 0 Å². The summed E-state index contributed by atoms with van der Waals surface area (Å²) in [6.45, 7) is 3.76. The minimum atomic E-state index is -4.37. The van der Waals surface area contributed by atoms with E-state index in [9.17, 15) is 13.2 Å². The molecule has 0 atom stereocenters. The van der Waals surface area contributed by atoms with Crippen LogP contribution in [-0.2, 0) is 12.7 Å². The Bertz CT molecular complexity index is 918. The molecule has 0 unspecified atom stereocenters. The number of hydrogen-bond donors (Lipinski definition) is 0. The number of hydrogen-bond acceptors (Lipinski definition) is 1. The largest absolute Gasteiger partial charge is 0.416 e. The summed E-state index contributed by atoms with van der Waals surface area (Å²) < 4.78 is 41.0. The molecular formula is C27H31F3NP. The van der Waals surface area contributed by atoms with E-state index in [2.05, 4.69) is 18.9 Å². The van der Waals surface area contributed by atoms with Gasteiger partial charge in [-0.1, -0.05) is 92.9 Å². The molecule has 3 rings (SSSR count). The van der Waals surface area contributed by atoms with Gasteiger partial charge in [0.15, 0.2) is 0 Å². The Hall–Kier alpha value is -2.16. The first-order chi connectivity index (χ1) is 15.4. The smallest absolute Gasteiger partial charge is 0.302 e. The Morgan fingerprint density at radius 3 is 1.91 bits per heavy atom. The molecule has 170 valence electrons. The summed E-state index contributed by atoms with van der Waals surface area (Å²) in [5, 5.41) is 2.90. The quantitative estimate of drug-likeness (QED) is 0.249. The Balaban J connectivity index is 2.03. The van der Waals surface area contributed by atoms with E-state index in [4.69, 9.17) is 0 Å². The molecule has 0 aliphatic carbocycles. The molecule has 0 radical (unpaired) electrons. The molecule has 0 saturated heterocycles. The molecule has 3 aromatic carbocycles. The Morgan fingerprint density at radius 2 is 1.38 bits per heavy atom. The van der Waals surface area contributed by atoms with Crippen LogP contribution in [-0.4, -0.2) is 18.5 Å². The van der Waals surface area contributed by atoms with Crippen LogP contribution in [0.5, 0.6) is 0 Å². The van der Waals surface area contributed by atoms with Gasteiger partial charge in [-0.3, -0.25) is 0 Å². The summed E-state index contributed by atoms with van der Waals surface area (Å²) in [5.41, 5.74) is 0.385. The molecular weight excluding hydrogens is 426 g/mol. The fraction of sp³-hybridized carbons (Fsp3) is 0.333. The number of halogens is 3. The molecule has 5 heteroatoms. The second-order valence-corrected chi connectivity index (χ2v) is 10.3. The molecule has 0 bridgehead atoms. The van der Waals surface area contributed by atoms with Gasteiger partial charge in [0.05, 0.1) is 5.56 Å². The molecule has 0 aliphatic rings. The molecule has 0 fully saturated rings. The van der Waals surface area contributed by atoms with Crippen LogP contribution in [0.3, 0.4) is 0 Å². The van der Waals surface area contributed by atoms with Gasteiger partial charge >= 0.3 is 6.18 Å². The molecule has 32 heavy (non-hydrogen) atoms. The number of benzene rings is 3. The first-order valence-electron chi connectivity index (χ1n) is 11.2. The highest BCUT2D eigenvalue weighted by atomic mass is 31.1. The second-order valence-electron chi connectivity index (χ2n) is 8.15. The second kappa shape index (κ2) is 11.6. The first kappa shape index (κ1) is 24.5. The SMILES string of the molecule is CCCCCCN(C)Cc1ccc(C(F)(F)F)cc1P(c1ccccc1)c1ccccc1. The van der Waals surface area contributed by atoms with E-state index < -0.39 is 19.7 Å². The molecule has 0 aliphatic heterocycles. The highest BCUT2D eigenvalue weighted by molar-refractivity contribution is 7.79. The average Bonchev–Trinajstić information content (AvgIpc) is 2.79. The fourth-order valence-corrected chi connectivity index (χ4v) is 6.34. The normalized spacial score (nSPS) is 12.0. The topological polar surface area (TPSA) is 3.24 Å². The van der Waals surface area contributed by atoms with Gasteiger partial charge in [0.25, 0.3) is 0 Å². The van der Waals surface area contributed by atoms with Crippen molar-refractivity contribution >= 4 is 23.8 Å². The molecule has 0 amide bonds. The monoisotopic (exact) mass is 457 g/mol. The van der Waals surface area contributed by atoms with Crippen molar-refractivity contribution < 1.29 is 13.2 Å². The number of unbranched alkanes of at least 4 members (excludes halogenated alkanes) is 3. The highest BCUT2D eigenvalue weighted by Gasteiger charge is 2.32. The average molecular weight is 458 g/mol. The maximum Gasteiger partial charge on any atom is 0.416 e. The van der Waals surface area contributed by atoms with Crippen molar-refractivity contribution in [2.45, 2.75) is 45.3 Å². The van der Waals surface area contributed by atoms with Crippen molar-refractivity contribution in [2.75, 3.05) is 13.6 Å². The molecule has 0 saturated carbocycles. The van der Waals surface area contributed by atoms with E-state index >= 15 is 0 Å². The molecule has 0 aromatic heterocycles. The number of nitrogens with zero attached hydrogens (tertiary/aromatic N) is 1. The first-order valence-corrected chi connectivity index (χ1v) is 12.5. The van der Waals surface area contributed by atoms with Crippen molar-refractivity contribution in [2.24, 2.45) is 0 Å². The summed E-state index contributed by atoms with van der Waals surface area (Å²) >= 11 is 0. The summed E-state index contributed by atoms with van der Waals surface area (Å²) in [7, 11) is 0.950. The summed E-state index contributed by atoms with van der Waals surface area (Å²) in [6.07, 6.45) is 0.319. The van der Waals surface area contributed by atoms with Crippen LogP contribution < -0.4 is 15.9 Å². The van der Waals surface area contributed by atoms with Gasteiger partial charge in [-0.15, -0.1) is 0 Å². The third-order valence-electron chi connectivity index (χ3n) is 5.52. The van der Waals surface area contributed by atoms with Crippen molar-refractivity contribution in [1.29, 1.82) is 0 Å². The minimum absolute atomic E-state index is 0.582. The van der Waals surface area contributed by atoms with E-state index in [0.717, 1.165) is 34.4 Å². The highest BCUT2D eigenvalue weighted by Crippen LogP contribution is 2.37. The van der Waals surface area contributed by atoms with Crippen LogP contribution in [0.15, 0.2) is 78.9 Å². The number of alkyl halides is 3. The summed E-state index contributed by atoms with van der Waals surface area (Å²) in [5.74, 6) is 0. The van der Waals surface area contributed by atoms with Crippen LogP contribution in [0.25, 0.3) is 0 Å². The predicted molar refractivity (Wildman–Crippen MR) is 131 cm³/mol. The van der Waals surface area contributed by atoms with E-state index in [1.165, 1.54) is 31.4 Å². The van der Waals surface area contributed by atoms with Crippen LogP contribution in [0, 0.1) is 0 Å². The Kier molecular flexibility index (Phi) is 8.90. The molecule has 0 heterocycles. The van der Waals surface area contributed by atoms with Gasteiger partial charge < -0.3 is 4.90 Å². The zero-order valence-electron chi connectivity index (χ0n) is 18.8. The van der Waals surface area contributed by atoms with Crippen molar-refractivity contribution in [1.82, 2.24) is 4.90 Å². The summed E-state index contributed by atoms with van der Waals surface area (Å²) in [4.78, 5) is 2.23. The maximum absolute atomic E-state index is 13.7. The Labute approximate surface area is 191 Å². The van der Waals surface area contributed by atoms with Crippen LogP contribution in [0.4, 0.5) is 13.2 Å². The summed E-state index contributed by atoms with van der Waals surface area (Å²) in [6, 6.07) is 24.1. The van der Waals surface area contributed by atoms with Gasteiger partial charge in [-0.05, 0) is 61.5 Å². The minimum Gasteiger partial charge on any atom is -0.302 e. The zero-order chi connectivity index (χ0) is 23.0. The van der Waals surface area contributed by atoms with Gasteiger partial charge in [-0.25, -0.2) is 0 Å². The molecule has 0 spiro atoms. The van der Waals surface area contributed by atoms with Gasteiger partial charge in [0, 0.05) is 6.54 Å². The van der Waals surface area contributed by atoms with Crippen LogP contribution in [0.2, 0.25) is 0 Å². The van der Waals surface area contributed by atoms with Crippen LogP contribution >= 0.6 is 7.92 Å². The molecule has 1 nitrogen and oxygen atoms in total. The Morgan fingerprint density at radius 1 is 0.781 bits per heavy atom. The lowest BCUT2D eigenvalue weighted by Gasteiger charge is -2.26. The zero-order valence-corrected chi connectivity index (χ0v) is 19.7. The third-order valence-corrected chi connectivity index (χ3v) is 8.04. The van der Waals surface area contributed by atoms with E-state index in [1.807, 2.05) is 60.7 Å². The standard InChI is InChI=1S/C27H31F3NP/c1-3-4-5-12-19-31(2)21-22-17-18-23(27(28,29)30)20-26(22)32(24-13-8-6-9-14-24)25-15-10-7-11-16-25/h6-11,13-18,20H,3-5,12,19,21H2,1-2H3.